The first-order valence-corrected chi connectivity index (χ1v) is 7.56. The van der Waals surface area contributed by atoms with Crippen molar-refractivity contribution in [3.05, 3.63) is 35.3 Å². The minimum absolute atomic E-state index is 0.247. The van der Waals surface area contributed by atoms with Crippen LogP contribution < -0.4 is 0 Å². The van der Waals surface area contributed by atoms with Gasteiger partial charge in [0.05, 0.1) is 6.61 Å². The Morgan fingerprint density at radius 1 is 1.33 bits per heavy atom. The van der Waals surface area contributed by atoms with Gasteiger partial charge < -0.3 is 5.11 Å². The Labute approximate surface area is 101 Å². The fourth-order valence-corrected chi connectivity index (χ4v) is 2.69. The van der Waals surface area contributed by atoms with E-state index >= 15 is 0 Å². The third-order valence-electron chi connectivity index (χ3n) is 1.53. The molecule has 0 spiro atoms. The van der Waals surface area contributed by atoms with E-state index in [9.17, 15) is 0 Å². The standard InChI is InChI=1S/C12H20OS2/c1-3-5-7-9-12(8-6-4-2)15-14-11-10-13/h3,5,7-9,13H,4,6,10-11H2,1-2H3/b5-3-,9-7-,12-8-. The van der Waals surface area contributed by atoms with E-state index in [4.69, 9.17) is 5.11 Å². The third kappa shape index (κ3) is 10.2. The molecule has 0 aromatic heterocycles. The number of hydrogen-bond donors (Lipinski definition) is 1. The minimum Gasteiger partial charge on any atom is -0.395 e. The zero-order chi connectivity index (χ0) is 11.4. The Hall–Kier alpha value is -0.120. The van der Waals surface area contributed by atoms with Gasteiger partial charge in [-0.15, -0.1) is 0 Å². The van der Waals surface area contributed by atoms with Gasteiger partial charge in [0.2, 0.25) is 0 Å². The maximum absolute atomic E-state index is 8.69. The summed E-state index contributed by atoms with van der Waals surface area (Å²) in [7, 11) is 3.43. The molecule has 0 aromatic rings. The molecule has 0 aliphatic heterocycles. The highest BCUT2D eigenvalue weighted by molar-refractivity contribution is 8.78. The lowest BCUT2D eigenvalue weighted by Crippen LogP contribution is -1.82. The highest BCUT2D eigenvalue weighted by atomic mass is 33.1. The van der Waals surface area contributed by atoms with E-state index in [-0.39, 0.29) is 6.61 Å². The van der Waals surface area contributed by atoms with Crippen LogP contribution in [0.15, 0.2) is 35.3 Å². The van der Waals surface area contributed by atoms with E-state index < -0.39 is 0 Å². The van der Waals surface area contributed by atoms with E-state index in [1.54, 1.807) is 21.6 Å². The molecule has 0 aliphatic carbocycles. The molecule has 86 valence electrons. The van der Waals surface area contributed by atoms with Gasteiger partial charge in [0.25, 0.3) is 0 Å². The van der Waals surface area contributed by atoms with Crippen molar-refractivity contribution in [3.63, 3.8) is 0 Å². The highest BCUT2D eigenvalue weighted by Crippen LogP contribution is 2.31. The number of aliphatic hydroxyl groups excluding tert-OH is 1. The molecule has 0 aromatic carbocycles. The van der Waals surface area contributed by atoms with Crippen molar-refractivity contribution in [2.24, 2.45) is 0 Å². The normalized spacial score (nSPS) is 13.1. The number of allylic oxidation sites excluding steroid dienone is 5. The fourth-order valence-electron chi connectivity index (χ4n) is 0.825. The summed E-state index contributed by atoms with van der Waals surface area (Å²) in [4.78, 5) is 1.27. The van der Waals surface area contributed by atoms with Gasteiger partial charge >= 0.3 is 0 Å². The van der Waals surface area contributed by atoms with Gasteiger partial charge in [0.1, 0.15) is 0 Å². The number of rotatable bonds is 8. The van der Waals surface area contributed by atoms with Crippen molar-refractivity contribution in [3.8, 4) is 0 Å². The minimum atomic E-state index is 0.247. The third-order valence-corrected chi connectivity index (χ3v) is 3.92. The molecule has 0 saturated heterocycles. The average Bonchev–Trinajstić information content (AvgIpc) is 2.25. The van der Waals surface area contributed by atoms with Crippen LogP contribution in [0.3, 0.4) is 0 Å². The number of aliphatic hydroxyl groups is 1. The van der Waals surface area contributed by atoms with Crippen molar-refractivity contribution in [2.75, 3.05) is 12.4 Å². The molecular weight excluding hydrogens is 224 g/mol. The van der Waals surface area contributed by atoms with Crippen LogP contribution in [0.1, 0.15) is 26.7 Å². The van der Waals surface area contributed by atoms with Crippen molar-refractivity contribution in [2.45, 2.75) is 26.7 Å². The topological polar surface area (TPSA) is 20.2 Å². The van der Waals surface area contributed by atoms with Crippen molar-refractivity contribution >= 4 is 21.6 Å². The molecule has 0 rings (SSSR count). The molecule has 1 N–H and O–H groups in total. The molecule has 15 heavy (non-hydrogen) atoms. The van der Waals surface area contributed by atoms with E-state index in [0.717, 1.165) is 12.2 Å². The molecule has 0 radical (unpaired) electrons. The van der Waals surface area contributed by atoms with Crippen molar-refractivity contribution in [1.29, 1.82) is 0 Å². The molecule has 0 atom stereocenters. The average molecular weight is 244 g/mol. The number of unbranched alkanes of at least 4 members (excludes halogenated alkanes) is 1. The van der Waals surface area contributed by atoms with E-state index in [1.807, 2.05) is 25.2 Å². The van der Waals surface area contributed by atoms with Gasteiger partial charge in [-0.1, -0.05) is 59.2 Å². The second kappa shape index (κ2) is 12.0. The molecule has 0 fully saturated rings. The molecular formula is C12H20OS2. The SMILES string of the molecule is C\C=C/C=C\C(=C\CCC)SSCCO. The lowest BCUT2D eigenvalue weighted by molar-refractivity contribution is 0.323. The monoisotopic (exact) mass is 244 g/mol. The highest BCUT2D eigenvalue weighted by Gasteiger charge is 1.93. The van der Waals surface area contributed by atoms with Crippen LogP contribution in [-0.2, 0) is 0 Å². The van der Waals surface area contributed by atoms with Crippen LogP contribution in [0.2, 0.25) is 0 Å². The lowest BCUT2D eigenvalue weighted by Gasteiger charge is -2.00. The summed E-state index contributed by atoms with van der Waals surface area (Å²) in [5, 5.41) is 8.69. The maximum atomic E-state index is 8.69. The Morgan fingerprint density at radius 3 is 2.73 bits per heavy atom. The lowest BCUT2D eigenvalue weighted by atomic mass is 10.3. The maximum Gasteiger partial charge on any atom is 0.0530 e. The molecule has 0 saturated carbocycles. The van der Waals surface area contributed by atoms with Gasteiger partial charge in [-0.2, -0.15) is 0 Å². The van der Waals surface area contributed by atoms with Crippen LogP contribution in [0.5, 0.6) is 0 Å². The summed E-state index contributed by atoms with van der Waals surface area (Å²) in [5.74, 6) is 0.783. The molecule has 0 unspecified atom stereocenters. The zero-order valence-electron chi connectivity index (χ0n) is 9.48. The largest absolute Gasteiger partial charge is 0.395 e. The zero-order valence-corrected chi connectivity index (χ0v) is 11.1. The summed E-state index contributed by atoms with van der Waals surface area (Å²) < 4.78 is 0. The van der Waals surface area contributed by atoms with E-state index in [0.29, 0.717) is 0 Å². The van der Waals surface area contributed by atoms with Gasteiger partial charge in [0, 0.05) is 10.7 Å². The Kier molecular flexibility index (Phi) is 11.9. The Balaban J connectivity index is 4.06. The van der Waals surface area contributed by atoms with Gasteiger partial charge in [0.15, 0.2) is 0 Å². The fraction of sp³-hybridized carbons (Fsp3) is 0.500. The van der Waals surface area contributed by atoms with Crippen LogP contribution in [0.25, 0.3) is 0 Å². The Morgan fingerprint density at radius 2 is 2.13 bits per heavy atom. The second-order valence-electron chi connectivity index (χ2n) is 2.91. The first kappa shape index (κ1) is 14.9. The second-order valence-corrected chi connectivity index (χ2v) is 5.40. The molecule has 0 aliphatic rings. The molecule has 1 nitrogen and oxygen atoms in total. The molecule has 0 bridgehead atoms. The summed E-state index contributed by atoms with van der Waals surface area (Å²) >= 11 is 0. The molecule has 3 heteroatoms. The number of hydrogen-bond acceptors (Lipinski definition) is 3. The van der Waals surface area contributed by atoms with E-state index in [1.165, 1.54) is 11.3 Å². The van der Waals surface area contributed by atoms with Crippen molar-refractivity contribution < 1.29 is 5.11 Å². The van der Waals surface area contributed by atoms with Crippen LogP contribution in [0.4, 0.5) is 0 Å². The predicted molar refractivity (Wildman–Crippen MR) is 74.1 cm³/mol. The quantitative estimate of drug-likeness (QED) is 0.393. The van der Waals surface area contributed by atoms with Gasteiger partial charge in [-0.3, -0.25) is 0 Å². The first-order valence-electron chi connectivity index (χ1n) is 5.25. The summed E-state index contributed by atoms with van der Waals surface area (Å²) in [6.07, 6.45) is 12.7. The smallest absolute Gasteiger partial charge is 0.0530 e. The van der Waals surface area contributed by atoms with Crippen LogP contribution >= 0.6 is 21.6 Å². The van der Waals surface area contributed by atoms with Crippen LogP contribution in [0, 0.1) is 0 Å². The van der Waals surface area contributed by atoms with Gasteiger partial charge in [-0.25, -0.2) is 0 Å². The summed E-state index contributed by atoms with van der Waals surface area (Å²) in [6.45, 7) is 4.43. The van der Waals surface area contributed by atoms with Gasteiger partial charge in [-0.05, 0) is 19.4 Å². The summed E-state index contributed by atoms with van der Waals surface area (Å²) in [6, 6.07) is 0. The molecule has 0 amide bonds. The Bertz CT molecular complexity index is 220. The van der Waals surface area contributed by atoms with E-state index in [2.05, 4.69) is 19.1 Å². The van der Waals surface area contributed by atoms with Crippen LogP contribution in [-0.4, -0.2) is 17.5 Å². The predicted octanol–water partition coefficient (Wildman–Crippen LogP) is 4.18. The summed E-state index contributed by atoms with van der Waals surface area (Å²) in [5.41, 5.74) is 0. The van der Waals surface area contributed by atoms with Crippen molar-refractivity contribution in [1.82, 2.24) is 0 Å². The first-order chi connectivity index (χ1) is 7.35. The molecule has 0 heterocycles.